The summed E-state index contributed by atoms with van der Waals surface area (Å²) >= 11 is 0. The number of rotatable bonds is 8. The van der Waals surface area contributed by atoms with Crippen molar-refractivity contribution in [1.82, 2.24) is 10.2 Å². The molecule has 1 saturated heterocycles. The van der Waals surface area contributed by atoms with Gasteiger partial charge in [0.05, 0.1) is 13.2 Å². The smallest absolute Gasteiger partial charge is 0.336 e. The average Bonchev–Trinajstić information content (AvgIpc) is 2.71. The fourth-order valence-corrected chi connectivity index (χ4v) is 3.56. The Morgan fingerprint density at radius 2 is 2.07 bits per heavy atom. The number of aryl methyl sites for hydroxylation is 2. The molecule has 2 heterocycles. The number of nitrogens with zero attached hydrogens (tertiary/aromatic N) is 1. The minimum absolute atomic E-state index is 0.168. The van der Waals surface area contributed by atoms with Crippen LogP contribution in [0, 0.1) is 6.92 Å². The van der Waals surface area contributed by atoms with Crippen molar-refractivity contribution < 1.29 is 18.7 Å². The van der Waals surface area contributed by atoms with Crippen molar-refractivity contribution in [3.8, 4) is 5.75 Å². The molecule has 29 heavy (non-hydrogen) atoms. The fourth-order valence-electron chi connectivity index (χ4n) is 3.56. The van der Waals surface area contributed by atoms with Crippen LogP contribution in [-0.2, 0) is 16.0 Å². The first-order valence-electron chi connectivity index (χ1n) is 10.3. The highest BCUT2D eigenvalue weighted by molar-refractivity contribution is 5.85. The normalized spacial score (nSPS) is 16.0. The Balaban J connectivity index is 1.64. The summed E-state index contributed by atoms with van der Waals surface area (Å²) in [5.41, 5.74) is 1.86. The monoisotopic (exact) mass is 402 g/mol. The first-order valence-corrected chi connectivity index (χ1v) is 10.3. The zero-order valence-corrected chi connectivity index (χ0v) is 17.5. The quantitative estimate of drug-likeness (QED) is 0.683. The summed E-state index contributed by atoms with van der Waals surface area (Å²) in [4.78, 5) is 26.6. The van der Waals surface area contributed by atoms with Crippen LogP contribution in [0.25, 0.3) is 11.0 Å². The molecule has 1 aromatic heterocycles. The molecule has 1 N–H and O–H groups in total. The number of fused-ring (bicyclic) bond motifs is 1. The lowest BCUT2D eigenvalue weighted by Gasteiger charge is -2.26. The van der Waals surface area contributed by atoms with Crippen LogP contribution in [0.15, 0.2) is 27.4 Å². The molecule has 0 unspecified atom stereocenters. The number of carbonyl (C=O) groups excluding carboxylic acids is 1. The van der Waals surface area contributed by atoms with Gasteiger partial charge in [-0.25, -0.2) is 4.79 Å². The van der Waals surface area contributed by atoms with Crippen LogP contribution < -0.4 is 15.7 Å². The molecule has 0 spiro atoms. The van der Waals surface area contributed by atoms with Gasteiger partial charge in [0.1, 0.15) is 11.3 Å². The van der Waals surface area contributed by atoms with Crippen LogP contribution in [0.5, 0.6) is 5.75 Å². The van der Waals surface area contributed by atoms with E-state index in [1.807, 2.05) is 19.1 Å². The first-order chi connectivity index (χ1) is 14.0. The highest BCUT2D eigenvalue weighted by Crippen LogP contribution is 2.29. The van der Waals surface area contributed by atoms with Gasteiger partial charge in [0.15, 0.2) is 6.10 Å². The second-order valence-electron chi connectivity index (χ2n) is 7.41. The molecular weight excluding hydrogens is 372 g/mol. The molecule has 1 atom stereocenters. The predicted octanol–water partition coefficient (Wildman–Crippen LogP) is 2.27. The van der Waals surface area contributed by atoms with E-state index in [1.165, 1.54) is 0 Å². The Kier molecular flexibility index (Phi) is 7.28. The van der Waals surface area contributed by atoms with Gasteiger partial charge in [-0.3, -0.25) is 9.69 Å². The second-order valence-corrected chi connectivity index (χ2v) is 7.41. The molecule has 1 amide bonds. The lowest BCUT2D eigenvalue weighted by Crippen LogP contribution is -2.43. The number of hydrogen-bond acceptors (Lipinski definition) is 6. The molecule has 1 aliphatic rings. The number of amides is 1. The zero-order valence-electron chi connectivity index (χ0n) is 17.5. The van der Waals surface area contributed by atoms with Gasteiger partial charge < -0.3 is 19.2 Å². The van der Waals surface area contributed by atoms with Gasteiger partial charge in [0.2, 0.25) is 0 Å². The molecule has 0 saturated carbocycles. The number of carbonyl (C=O) groups is 1. The van der Waals surface area contributed by atoms with Crippen LogP contribution in [0.4, 0.5) is 0 Å². The van der Waals surface area contributed by atoms with E-state index >= 15 is 0 Å². The molecular formula is C22H30N2O5. The minimum Gasteiger partial charge on any atom is -0.480 e. The third-order valence-corrected chi connectivity index (χ3v) is 5.22. The molecule has 0 aliphatic carbocycles. The fraction of sp³-hybridized carbons (Fsp3) is 0.545. The van der Waals surface area contributed by atoms with E-state index < -0.39 is 6.10 Å². The molecule has 2 aromatic rings. The van der Waals surface area contributed by atoms with Crippen LogP contribution in [0.2, 0.25) is 0 Å². The van der Waals surface area contributed by atoms with Crippen molar-refractivity contribution in [2.75, 3.05) is 39.4 Å². The standard InChI is InChI=1S/C22H30N2O5/c1-4-5-17-14-20(25)29-21-15(2)19(7-6-18(17)21)28-16(3)22(26)23-8-9-24-10-12-27-13-11-24/h6-7,14,16H,4-5,8-13H2,1-3H3,(H,23,26)/t16-/m0/s1. The van der Waals surface area contributed by atoms with E-state index in [0.29, 0.717) is 17.9 Å². The topological polar surface area (TPSA) is 81.0 Å². The average molecular weight is 402 g/mol. The number of ether oxygens (including phenoxy) is 2. The third-order valence-electron chi connectivity index (χ3n) is 5.22. The van der Waals surface area contributed by atoms with E-state index in [-0.39, 0.29) is 11.5 Å². The van der Waals surface area contributed by atoms with Gasteiger partial charge in [-0.1, -0.05) is 13.3 Å². The van der Waals surface area contributed by atoms with Crippen molar-refractivity contribution in [2.45, 2.75) is 39.7 Å². The predicted molar refractivity (Wildman–Crippen MR) is 112 cm³/mol. The summed E-state index contributed by atoms with van der Waals surface area (Å²) in [7, 11) is 0. The number of morpholine rings is 1. The molecule has 7 heteroatoms. The highest BCUT2D eigenvalue weighted by Gasteiger charge is 2.18. The summed E-state index contributed by atoms with van der Waals surface area (Å²) in [6.45, 7) is 10.3. The van der Waals surface area contributed by atoms with Gasteiger partial charge >= 0.3 is 5.63 Å². The van der Waals surface area contributed by atoms with Gasteiger partial charge in [-0.15, -0.1) is 0 Å². The van der Waals surface area contributed by atoms with Crippen molar-refractivity contribution in [3.63, 3.8) is 0 Å². The molecule has 1 aromatic carbocycles. The lowest BCUT2D eigenvalue weighted by atomic mass is 10.0. The Bertz CT molecular complexity index is 902. The van der Waals surface area contributed by atoms with Gasteiger partial charge in [-0.2, -0.15) is 0 Å². The second kappa shape index (κ2) is 9.89. The maximum absolute atomic E-state index is 12.4. The van der Waals surface area contributed by atoms with Gasteiger partial charge in [0, 0.05) is 43.2 Å². The highest BCUT2D eigenvalue weighted by atomic mass is 16.5. The van der Waals surface area contributed by atoms with Crippen molar-refractivity contribution in [3.05, 3.63) is 39.7 Å². The van der Waals surface area contributed by atoms with Crippen LogP contribution in [0.1, 0.15) is 31.4 Å². The summed E-state index contributed by atoms with van der Waals surface area (Å²) in [6, 6.07) is 5.29. The lowest BCUT2D eigenvalue weighted by molar-refractivity contribution is -0.127. The number of benzene rings is 1. The van der Waals surface area contributed by atoms with Gasteiger partial charge in [-0.05, 0) is 38.0 Å². The van der Waals surface area contributed by atoms with Crippen LogP contribution in [-0.4, -0.2) is 56.3 Å². The van der Waals surface area contributed by atoms with Crippen molar-refractivity contribution in [1.29, 1.82) is 0 Å². The van der Waals surface area contributed by atoms with Crippen molar-refractivity contribution in [2.24, 2.45) is 0 Å². The Morgan fingerprint density at radius 3 is 2.79 bits per heavy atom. The Hall–Kier alpha value is -2.38. The summed E-state index contributed by atoms with van der Waals surface area (Å²) in [6.07, 6.45) is 1.10. The minimum atomic E-state index is -0.651. The molecule has 3 rings (SSSR count). The Morgan fingerprint density at radius 1 is 1.31 bits per heavy atom. The Labute approximate surface area is 171 Å². The molecule has 7 nitrogen and oxygen atoms in total. The maximum Gasteiger partial charge on any atom is 0.336 e. The number of hydrogen-bond donors (Lipinski definition) is 1. The van der Waals surface area contributed by atoms with E-state index in [0.717, 1.165) is 62.2 Å². The first kappa shape index (κ1) is 21.3. The maximum atomic E-state index is 12.4. The SMILES string of the molecule is CCCc1cc(=O)oc2c(C)c(O[C@@H](C)C(=O)NCCN3CCOCC3)ccc12. The van der Waals surface area contributed by atoms with E-state index in [9.17, 15) is 9.59 Å². The van der Waals surface area contributed by atoms with Crippen LogP contribution >= 0.6 is 0 Å². The van der Waals surface area contributed by atoms with E-state index in [1.54, 1.807) is 13.0 Å². The molecule has 1 aliphatic heterocycles. The molecule has 1 fully saturated rings. The third kappa shape index (κ3) is 5.36. The van der Waals surface area contributed by atoms with Gasteiger partial charge in [0.25, 0.3) is 5.91 Å². The van der Waals surface area contributed by atoms with Crippen LogP contribution in [0.3, 0.4) is 0 Å². The van der Waals surface area contributed by atoms with E-state index in [4.69, 9.17) is 13.9 Å². The summed E-state index contributed by atoms with van der Waals surface area (Å²) in [5.74, 6) is 0.379. The summed E-state index contributed by atoms with van der Waals surface area (Å²) < 4.78 is 16.7. The molecule has 0 radical (unpaired) electrons. The van der Waals surface area contributed by atoms with E-state index in [2.05, 4.69) is 17.1 Å². The zero-order chi connectivity index (χ0) is 20.8. The molecule has 0 bridgehead atoms. The summed E-state index contributed by atoms with van der Waals surface area (Å²) in [5, 5.41) is 3.84. The van der Waals surface area contributed by atoms with Crippen molar-refractivity contribution >= 4 is 16.9 Å². The number of nitrogens with one attached hydrogen (secondary N) is 1. The largest absolute Gasteiger partial charge is 0.480 e. The molecule has 158 valence electrons.